The van der Waals surface area contributed by atoms with Gasteiger partial charge < -0.3 is 0 Å². The SMILES string of the molecule is O=[N+]([O-])c1cc2sc(Br)cc2cc1Cl. The van der Waals surface area contributed by atoms with Crippen molar-refractivity contribution in [3.8, 4) is 0 Å². The zero-order chi connectivity index (χ0) is 10.3. The third-order valence-electron chi connectivity index (χ3n) is 1.75. The van der Waals surface area contributed by atoms with Crippen molar-refractivity contribution in [1.82, 2.24) is 0 Å². The highest BCUT2D eigenvalue weighted by molar-refractivity contribution is 9.11. The number of hydrogen-bond acceptors (Lipinski definition) is 3. The van der Waals surface area contributed by atoms with E-state index >= 15 is 0 Å². The van der Waals surface area contributed by atoms with E-state index < -0.39 is 4.92 Å². The van der Waals surface area contributed by atoms with Crippen LogP contribution in [0.4, 0.5) is 5.69 Å². The van der Waals surface area contributed by atoms with E-state index in [9.17, 15) is 10.1 Å². The number of benzene rings is 1. The van der Waals surface area contributed by atoms with Gasteiger partial charge in [-0.1, -0.05) is 11.6 Å². The Morgan fingerprint density at radius 2 is 2.14 bits per heavy atom. The molecular formula is C8H3BrClNO2S. The summed E-state index contributed by atoms with van der Waals surface area (Å²) in [6, 6.07) is 4.99. The normalized spacial score (nSPS) is 10.7. The summed E-state index contributed by atoms with van der Waals surface area (Å²) >= 11 is 10.5. The molecule has 2 rings (SSSR count). The van der Waals surface area contributed by atoms with Crippen LogP contribution in [0.2, 0.25) is 5.02 Å². The summed E-state index contributed by atoms with van der Waals surface area (Å²) in [6.07, 6.45) is 0. The van der Waals surface area contributed by atoms with E-state index in [-0.39, 0.29) is 10.7 Å². The zero-order valence-corrected chi connectivity index (χ0v) is 9.82. The lowest BCUT2D eigenvalue weighted by Crippen LogP contribution is -1.87. The molecule has 1 aromatic heterocycles. The lowest BCUT2D eigenvalue weighted by atomic mass is 10.2. The number of nitrogens with zero attached hydrogens (tertiary/aromatic N) is 1. The van der Waals surface area contributed by atoms with Crippen molar-refractivity contribution in [3.63, 3.8) is 0 Å². The minimum Gasteiger partial charge on any atom is -0.258 e. The van der Waals surface area contributed by atoms with Crippen molar-refractivity contribution in [2.45, 2.75) is 0 Å². The smallest absolute Gasteiger partial charge is 0.258 e. The molecule has 0 spiro atoms. The first-order valence-electron chi connectivity index (χ1n) is 3.61. The van der Waals surface area contributed by atoms with E-state index in [1.165, 1.54) is 17.4 Å². The fourth-order valence-electron chi connectivity index (χ4n) is 1.16. The Morgan fingerprint density at radius 1 is 1.43 bits per heavy atom. The molecule has 0 bridgehead atoms. The highest BCUT2D eigenvalue weighted by atomic mass is 79.9. The van der Waals surface area contributed by atoms with Gasteiger partial charge >= 0.3 is 0 Å². The van der Waals surface area contributed by atoms with Crippen molar-refractivity contribution in [1.29, 1.82) is 0 Å². The molecule has 0 aliphatic heterocycles. The lowest BCUT2D eigenvalue weighted by Gasteiger charge is -1.94. The molecule has 0 radical (unpaired) electrons. The van der Waals surface area contributed by atoms with Gasteiger partial charge in [-0.3, -0.25) is 10.1 Å². The second-order valence-electron chi connectivity index (χ2n) is 2.65. The lowest BCUT2D eigenvalue weighted by molar-refractivity contribution is -0.384. The molecule has 0 saturated heterocycles. The van der Waals surface area contributed by atoms with Crippen LogP contribution >= 0.6 is 38.9 Å². The molecule has 72 valence electrons. The number of rotatable bonds is 1. The third kappa shape index (κ3) is 1.63. The number of fused-ring (bicyclic) bond motifs is 1. The van der Waals surface area contributed by atoms with E-state index in [2.05, 4.69) is 15.9 Å². The summed E-state index contributed by atoms with van der Waals surface area (Å²) in [5.41, 5.74) is -0.0477. The molecule has 14 heavy (non-hydrogen) atoms. The first kappa shape index (κ1) is 9.89. The predicted octanol–water partition coefficient (Wildman–Crippen LogP) is 4.23. The number of nitro benzene ring substituents is 1. The maximum atomic E-state index is 10.6. The molecule has 0 atom stereocenters. The summed E-state index contributed by atoms with van der Waals surface area (Å²) in [6.45, 7) is 0. The van der Waals surface area contributed by atoms with Crippen molar-refractivity contribution in [3.05, 3.63) is 37.1 Å². The zero-order valence-electron chi connectivity index (χ0n) is 6.66. The van der Waals surface area contributed by atoms with Crippen LogP contribution in [0.5, 0.6) is 0 Å². The van der Waals surface area contributed by atoms with Crippen LogP contribution in [-0.4, -0.2) is 4.92 Å². The fourth-order valence-corrected chi connectivity index (χ4v) is 2.97. The Morgan fingerprint density at radius 3 is 2.79 bits per heavy atom. The minimum absolute atomic E-state index is 0.0477. The molecule has 0 saturated carbocycles. The monoisotopic (exact) mass is 291 g/mol. The van der Waals surface area contributed by atoms with Crippen LogP contribution in [0.15, 0.2) is 22.0 Å². The Bertz CT molecular complexity index is 525. The molecule has 0 fully saturated rings. The maximum absolute atomic E-state index is 10.6. The molecule has 3 nitrogen and oxygen atoms in total. The molecule has 2 aromatic rings. The predicted molar refractivity (Wildman–Crippen MR) is 61.2 cm³/mol. The summed E-state index contributed by atoms with van der Waals surface area (Å²) in [7, 11) is 0. The van der Waals surface area contributed by atoms with Crippen molar-refractivity contribution < 1.29 is 4.92 Å². The van der Waals surface area contributed by atoms with Crippen LogP contribution in [-0.2, 0) is 0 Å². The number of hydrogen-bond donors (Lipinski definition) is 0. The minimum atomic E-state index is -0.477. The molecule has 1 aromatic carbocycles. The van der Waals surface area contributed by atoms with E-state index in [0.29, 0.717) is 0 Å². The molecule has 6 heteroatoms. The quantitative estimate of drug-likeness (QED) is 0.583. The van der Waals surface area contributed by atoms with Crippen LogP contribution < -0.4 is 0 Å². The largest absolute Gasteiger partial charge is 0.289 e. The topological polar surface area (TPSA) is 43.1 Å². The summed E-state index contributed by atoms with van der Waals surface area (Å²) in [4.78, 5) is 10.1. The third-order valence-corrected chi connectivity index (χ3v) is 3.66. The Hall–Kier alpha value is -0.650. The Kier molecular flexibility index (Phi) is 2.47. The molecular weight excluding hydrogens is 290 g/mol. The first-order chi connectivity index (χ1) is 6.58. The van der Waals surface area contributed by atoms with E-state index in [1.807, 2.05) is 6.07 Å². The van der Waals surface area contributed by atoms with Gasteiger partial charge in [-0.15, -0.1) is 11.3 Å². The molecule has 0 unspecified atom stereocenters. The standard InChI is InChI=1S/C8H3BrClNO2S/c9-8-2-4-1-5(10)6(11(12)13)3-7(4)14-8/h1-3H. The van der Waals surface area contributed by atoms with Gasteiger partial charge in [-0.05, 0) is 33.4 Å². The number of thiophene rings is 1. The van der Waals surface area contributed by atoms with Gasteiger partial charge in [0.15, 0.2) is 0 Å². The highest BCUT2D eigenvalue weighted by Crippen LogP contribution is 2.36. The van der Waals surface area contributed by atoms with Crippen molar-refractivity contribution in [2.75, 3.05) is 0 Å². The van der Waals surface area contributed by atoms with Crippen LogP contribution in [0.25, 0.3) is 10.1 Å². The molecule has 0 aliphatic carbocycles. The van der Waals surface area contributed by atoms with E-state index in [0.717, 1.165) is 13.9 Å². The maximum Gasteiger partial charge on any atom is 0.289 e. The molecule has 1 heterocycles. The molecule has 0 amide bonds. The molecule has 0 aliphatic rings. The van der Waals surface area contributed by atoms with Gasteiger partial charge in [-0.25, -0.2) is 0 Å². The summed E-state index contributed by atoms with van der Waals surface area (Å²) < 4.78 is 1.79. The summed E-state index contributed by atoms with van der Waals surface area (Å²) in [5.74, 6) is 0. The first-order valence-corrected chi connectivity index (χ1v) is 5.59. The van der Waals surface area contributed by atoms with Gasteiger partial charge in [0.2, 0.25) is 0 Å². The molecule has 0 N–H and O–H groups in total. The van der Waals surface area contributed by atoms with Crippen LogP contribution in [0.3, 0.4) is 0 Å². The summed E-state index contributed by atoms with van der Waals surface area (Å²) in [5, 5.41) is 11.7. The number of nitro groups is 1. The Labute approximate surface area is 96.6 Å². The average molecular weight is 293 g/mol. The van der Waals surface area contributed by atoms with E-state index in [4.69, 9.17) is 11.6 Å². The Balaban J connectivity index is 2.76. The van der Waals surface area contributed by atoms with Crippen LogP contribution in [0.1, 0.15) is 0 Å². The number of halogens is 2. The van der Waals surface area contributed by atoms with Gasteiger partial charge in [0.1, 0.15) is 5.02 Å². The fraction of sp³-hybridized carbons (Fsp3) is 0. The second-order valence-corrected chi connectivity index (χ2v) is 5.52. The average Bonchev–Trinajstić information content (AvgIpc) is 2.42. The van der Waals surface area contributed by atoms with Crippen LogP contribution in [0, 0.1) is 10.1 Å². The second kappa shape index (κ2) is 3.49. The van der Waals surface area contributed by atoms with Crippen molar-refractivity contribution in [2.24, 2.45) is 0 Å². The highest BCUT2D eigenvalue weighted by Gasteiger charge is 2.14. The van der Waals surface area contributed by atoms with Gasteiger partial charge in [0.25, 0.3) is 5.69 Å². The van der Waals surface area contributed by atoms with Gasteiger partial charge in [-0.2, -0.15) is 0 Å². The van der Waals surface area contributed by atoms with Gasteiger partial charge in [0.05, 0.1) is 8.71 Å². The van der Waals surface area contributed by atoms with E-state index in [1.54, 1.807) is 6.07 Å². The van der Waals surface area contributed by atoms with Crippen molar-refractivity contribution >= 4 is 54.6 Å². The van der Waals surface area contributed by atoms with Gasteiger partial charge in [0, 0.05) is 10.8 Å².